The van der Waals surface area contributed by atoms with Crippen LogP contribution >= 0.6 is 45.2 Å². The molecule has 0 amide bonds. The molecule has 3 nitrogen and oxygen atoms in total. The van der Waals surface area contributed by atoms with Crippen molar-refractivity contribution in [2.24, 2.45) is 0 Å². The van der Waals surface area contributed by atoms with Crippen molar-refractivity contribution in [1.82, 2.24) is 10.2 Å². The molecule has 0 fully saturated rings. The molecule has 20 heavy (non-hydrogen) atoms. The summed E-state index contributed by atoms with van der Waals surface area (Å²) in [6, 6.07) is 14.2. The van der Waals surface area contributed by atoms with Gasteiger partial charge in [0.1, 0.15) is 0 Å². The Morgan fingerprint density at radius 3 is 2.55 bits per heavy atom. The molecular weight excluding hydrogens is 478 g/mol. The minimum Gasteiger partial charge on any atom is -0.267 e. The number of benzene rings is 2. The van der Waals surface area contributed by atoms with Crippen molar-refractivity contribution in [2.45, 2.75) is 6.42 Å². The number of hydrogen-bond donors (Lipinski definition) is 1. The molecule has 100 valence electrons. The van der Waals surface area contributed by atoms with Gasteiger partial charge in [0, 0.05) is 18.9 Å². The molecule has 3 aromatic rings. The van der Waals surface area contributed by atoms with Crippen molar-refractivity contribution in [3.63, 3.8) is 0 Å². The minimum atomic E-state index is -0.125. The van der Waals surface area contributed by atoms with Crippen LogP contribution in [0.15, 0.2) is 47.3 Å². The Kier molecular flexibility index (Phi) is 4.06. The Labute approximate surface area is 143 Å². The summed E-state index contributed by atoms with van der Waals surface area (Å²) in [5.41, 5.74) is 1.96. The number of aromatic nitrogens is 2. The second-order valence-electron chi connectivity index (χ2n) is 4.45. The second kappa shape index (κ2) is 5.80. The van der Waals surface area contributed by atoms with E-state index in [-0.39, 0.29) is 5.56 Å². The smallest absolute Gasteiger partial charge is 0.267 e. The number of nitrogens with zero attached hydrogens (tertiary/aromatic N) is 1. The summed E-state index contributed by atoms with van der Waals surface area (Å²) in [7, 11) is 0. The highest BCUT2D eigenvalue weighted by Crippen LogP contribution is 2.25. The fraction of sp³-hybridized carbons (Fsp3) is 0.0667. The van der Waals surface area contributed by atoms with E-state index >= 15 is 0 Å². The zero-order valence-corrected chi connectivity index (χ0v) is 14.7. The highest BCUT2D eigenvalue weighted by atomic mass is 127. The predicted molar refractivity (Wildman–Crippen MR) is 97.0 cm³/mol. The molecule has 0 unspecified atom stereocenters. The van der Waals surface area contributed by atoms with Gasteiger partial charge in [0.05, 0.1) is 11.1 Å². The second-order valence-corrected chi connectivity index (χ2v) is 6.69. The Morgan fingerprint density at radius 2 is 1.80 bits per heavy atom. The molecule has 5 heteroatoms. The number of H-pyrrole nitrogens is 1. The zero-order valence-electron chi connectivity index (χ0n) is 10.4. The third-order valence-corrected chi connectivity index (χ3v) is 6.19. The number of fused-ring (bicyclic) bond motifs is 1. The molecule has 2 aromatic carbocycles. The van der Waals surface area contributed by atoms with Gasteiger partial charge >= 0.3 is 0 Å². The standard InChI is InChI=1S/C15H10I2N2O/c16-11-7-6-10-12(8-9-4-2-1-3-5-9)18-19-15(20)13(10)14(11)17/h1-7H,8H2,(H,19,20). The minimum absolute atomic E-state index is 0.125. The largest absolute Gasteiger partial charge is 0.273 e. The average Bonchev–Trinajstić information content (AvgIpc) is 2.46. The van der Waals surface area contributed by atoms with E-state index in [0.29, 0.717) is 6.42 Å². The molecule has 0 bridgehead atoms. The molecule has 1 aromatic heterocycles. The lowest BCUT2D eigenvalue weighted by Crippen LogP contribution is -2.13. The van der Waals surface area contributed by atoms with E-state index in [1.54, 1.807) is 0 Å². The van der Waals surface area contributed by atoms with Crippen LogP contribution in [0.4, 0.5) is 0 Å². The van der Waals surface area contributed by atoms with E-state index in [1.807, 2.05) is 30.3 Å². The molecule has 0 aliphatic rings. The quantitative estimate of drug-likeness (QED) is 0.560. The number of hydrogen-bond acceptors (Lipinski definition) is 2. The van der Waals surface area contributed by atoms with Crippen LogP contribution in [-0.2, 0) is 6.42 Å². The Bertz CT molecular complexity index is 828. The highest BCUT2D eigenvalue weighted by Gasteiger charge is 2.12. The van der Waals surface area contributed by atoms with Crippen LogP contribution in [0, 0.1) is 7.14 Å². The Morgan fingerprint density at radius 1 is 1.05 bits per heavy atom. The third-order valence-electron chi connectivity index (χ3n) is 3.14. The molecule has 0 aliphatic carbocycles. The maximum Gasteiger partial charge on any atom is 0.273 e. The highest BCUT2D eigenvalue weighted by molar-refractivity contribution is 14.1. The van der Waals surface area contributed by atoms with Gasteiger partial charge in [-0.25, -0.2) is 5.10 Å². The molecule has 0 spiro atoms. The van der Waals surface area contributed by atoms with E-state index < -0.39 is 0 Å². The molecule has 1 N–H and O–H groups in total. The summed E-state index contributed by atoms with van der Waals surface area (Å²) in [4.78, 5) is 12.0. The normalized spacial score (nSPS) is 10.9. The van der Waals surface area contributed by atoms with Crippen LogP contribution < -0.4 is 5.56 Å². The molecular formula is C15H10I2N2O. The van der Waals surface area contributed by atoms with E-state index in [4.69, 9.17) is 0 Å². The predicted octanol–water partition coefficient (Wildman–Crippen LogP) is 3.72. The number of halogens is 2. The van der Waals surface area contributed by atoms with Gasteiger partial charge in [0.15, 0.2) is 0 Å². The number of aromatic amines is 1. The first-order chi connectivity index (χ1) is 9.66. The van der Waals surface area contributed by atoms with Crippen LogP contribution in [0.5, 0.6) is 0 Å². The van der Waals surface area contributed by atoms with Gasteiger partial charge in [0.2, 0.25) is 0 Å². The molecule has 0 saturated carbocycles. The van der Waals surface area contributed by atoms with Crippen LogP contribution in [0.1, 0.15) is 11.3 Å². The van der Waals surface area contributed by atoms with Crippen LogP contribution in [0.2, 0.25) is 0 Å². The van der Waals surface area contributed by atoms with Gasteiger partial charge in [0.25, 0.3) is 5.56 Å². The summed E-state index contributed by atoms with van der Waals surface area (Å²) in [5.74, 6) is 0. The third kappa shape index (κ3) is 2.60. The first-order valence-electron chi connectivity index (χ1n) is 6.06. The summed E-state index contributed by atoms with van der Waals surface area (Å²) in [5, 5.41) is 8.51. The van der Waals surface area contributed by atoms with Crippen molar-refractivity contribution >= 4 is 56.0 Å². The lowest BCUT2D eigenvalue weighted by Gasteiger charge is -2.07. The monoisotopic (exact) mass is 488 g/mol. The Balaban J connectivity index is 2.21. The molecule has 3 rings (SSSR count). The lowest BCUT2D eigenvalue weighted by molar-refractivity contribution is 0.933. The molecule has 0 atom stereocenters. The maximum absolute atomic E-state index is 12.0. The van der Waals surface area contributed by atoms with Crippen LogP contribution in [0.25, 0.3) is 10.8 Å². The van der Waals surface area contributed by atoms with Crippen molar-refractivity contribution < 1.29 is 0 Å². The van der Waals surface area contributed by atoms with Gasteiger partial charge in [-0.15, -0.1) is 0 Å². The van der Waals surface area contributed by atoms with Crippen molar-refractivity contribution in [2.75, 3.05) is 0 Å². The number of nitrogens with one attached hydrogen (secondary N) is 1. The van der Waals surface area contributed by atoms with Gasteiger partial charge in [-0.05, 0) is 56.8 Å². The summed E-state index contributed by atoms with van der Waals surface area (Å²) < 4.78 is 2.07. The van der Waals surface area contributed by atoms with Gasteiger partial charge < -0.3 is 0 Å². The van der Waals surface area contributed by atoms with Crippen molar-refractivity contribution in [3.05, 3.63) is 71.2 Å². The van der Waals surface area contributed by atoms with E-state index in [1.165, 1.54) is 5.56 Å². The first-order valence-corrected chi connectivity index (χ1v) is 8.22. The number of rotatable bonds is 2. The molecule has 0 radical (unpaired) electrons. The first kappa shape index (κ1) is 14.0. The summed E-state index contributed by atoms with van der Waals surface area (Å²) >= 11 is 4.46. The SMILES string of the molecule is O=c1[nH]nc(Cc2ccccc2)c2ccc(I)c(I)c12. The average molecular weight is 488 g/mol. The van der Waals surface area contributed by atoms with E-state index in [9.17, 15) is 4.79 Å². The van der Waals surface area contributed by atoms with Crippen LogP contribution in [-0.4, -0.2) is 10.2 Å². The molecule has 0 aliphatic heterocycles. The van der Waals surface area contributed by atoms with Crippen molar-refractivity contribution in [1.29, 1.82) is 0 Å². The van der Waals surface area contributed by atoms with Crippen molar-refractivity contribution in [3.8, 4) is 0 Å². The lowest BCUT2D eigenvalue weighted by atomic mass is 10.0. The van der Waals surface area contributed by atoms with E-state index in [0.717, 1.165) is 23.6 Å². The zero-order chi connectivity index (χ0) is 14.1. The Hall–Kier alpha value is -0.960. The molecule has 0 saturated heterocycles. The topological polar surface area (TPSA) is 45.8 Å². The van der Waals surface area contributed by atoms with Gasteiger partial charge in [-0.1, -0.05) is 36.4 Å². The fourth-order valence-corrected chi connectivity index (χ4v) is 3.34. The summed E-state index contributed by atoms with van der Waals surface area (Å²) in [6.45, 7) is 0. The van der Waals surface area contributed by atoms with Gasteiger partial charge in [-0.3, -0.25) is 4.79 Å². The molecule has 1 heterocycles. The van der Waals surface area contributed by atoms with Crippen LogP contribution in [0.3, 0.4) is 0 Å². The maximum atomic E-state index is 12.0. The van der Waals surface area contributed by atoms with E-state index in [2.05, 4.69) is 67.5 Å². The fourth-order valence-electron chi connectivity index (χ4n) is 2.17. The summed E-state index contributed by atoms with van der Waals surface area (Å²) in [6.07, 6.45) is 0.713. The van der Waals surface area contributed by atoms with Gasteiger partial charge in [-0.2, -0.15) is 5.10 Å².